The van der Waals surface area contributed by atoms with E-state index in [1.54, 1.807) is 12.1 Å². The van der Waals surface area contributed by atoms with Crippen LogP contribution in [0.2, 0.25) is 5.02 Å². The molecule has 0 unspecified atom stereocenters. The van der Waals surface area contributed by atoms with Crippen molar-refractivity contribution in [2.75, 3.05) is 12.4 Å². The monoisotopic (exact) mass is 263 g/mol. The van der Waals surface area contributed by atoms with Gasteiger partial charge in [0.2, 0.25) is 0 Å². The van der Waals surface area contributed by atoms with Gasteiger partial charge in [0.05, 0.1) is 0 Å². The summed E-state index contributed by atoms with van der Waals surface area (Å²) >= 11 is 11.4. The molecule has 1 aromatic rings. The normalized spacial score (nSPS) is 11.4. The second-order valence-corrected chi connectivity index (χ2v) is 4.80. The van der Waals surface area contributed by atoms with E-state index in [0.717, 1.165) is 6.54 Å². The highest BCUT2D eigenvalue weighted by molar-refractivity contribution is 6.30. The minimum Gasteiger partial charge on any atom is -0.295 e. The Morgan fingerprint density at radius 1 is 1.38 bits per heavy atom. The van der Waals surface area contributed by atoms with Crippen LogP contribution in [0.5, 0.6) is 0 Å². The van der Waals surface area contributed by atoms with Gasteiger partial charge in [-0.15, -0.1) is 11.6 Å². The SMILES string of the molecule is CC(C)N(CCCl)Cc1ccc(Cl)cc1F. The quantitative estimate of drug-likeness (QED) is 0.728. The van der Waals surface area contributed by atoms with Crippen LogP contribution < -0.4 is 0 Å². The average molecular weight is 264 g/mol. The van der Waals surface area contributed by atoms with E-state index in [0.29, 0.717) is 29.1 Å². The second kappa shape index (κ2) is 6.43. The third-order valence-corrected chi connectivity index (χ3v) is 2.89. The van der Waals surface area contributed by atoms with Crippen molar-refractivity contribution in [2.24, 2.45) is 0 Å². The van der Waals surface area contributed by atoms with Crippen LogP contribution in [0.3, 0.4) is 0 Å². The lowest BCUT2D eigenvalue weighted by Crippen LogP contribution is -2.32. The molecule has 0 spiro atoms. The smallest absolute Gasteiger partial charge is 0.129 e. The molecule has 16 heavy (non-hydrogen) atoms. The Morgan fingerprint density at radius 2 is 2.06 bits per heavy atom. The Bertz CT molecular complexity index is 342. The maximum atomic E-state index is 13.6. The number of alkyl halides is 1. The van der Waals surface area contributed by atoms with E-state index >= 15 is 0 Å². The van der Waals surface area contributed by atoms with Crippen LogP contribution in [0.15, 0.2) is 18.2 Å². The summed E-state index contributed by atoms with van der Waals surface area (Å²) in [5, 5.41) is 0.426. The molecule has 0 atom stereocenters. The van der Waals surface area contributed by atoms with Crippen molar-refractivity contribution in [2.45, 2.75) is 26.4 Å². The first-order valence-corrected chi connectivity index (χ1v) is 6.19. The zero-order chi connectivity index (χ0) is 12.1. The minimum absolute atomic E-state index is 0.257. The van der Waals surface area contributed by atoms with Gasteiger partial charge in [-0.25, -0.2) is 4.39 Å². The summed E-state index contributed by atoms with van der Waals surface area (Å²) in [4.78, 5) is 2.12. The van der Waals surface area contributed by atoms with Crippen molar-refractivity contribution in [3.63, 3.8) is 0 Å². The summed E-state index contributed by atoms with van der Waals surface area (Å²) < 4.78 is 13.6. The molecule has 0 amide bonds. The van der Waals surface area contributed by atoms with Crippen molar-refractivity contribution >= 4 is 23.2 Å². The largest absolute Gasteiger partial charge is 0.295 e. The van der Waals surface area contributed by atoms with Gasteiger partial charge in [0.1, 0.15) is 5.82 Å². The molecule has 0 aliphatic rings. The maximum absolute atomic E-state index is 13.6. The zero-order valence-corrected chi connectivity index (χ0v) is 11.0. The summed E-state index contributed by atoms with van der Waals surface area (Å²) in [7, 11) is 0. The van der Waals surface area contributed by atoms with E-state index in [-0.39, 0.29) is 5.82 Å². The first-order chi connectivity index (χ1) is 7.54. The molecule has 90 valence electrons. The lowest BCUT2D eigenvalue weighted by molar-refractivity contribution is 0.223. The highest BCUT2D eigenvalue weighted by Gasteiger charge is 2.12. The number of rotatable bonds is 5. The predicted octanol–water partition coefficient (Wildman–Crippen LogP) is 3.93. The Balaban J connectivity index is 2.77. The van der Waals surface area contributed by atoms with Gasteiger partial charge in [-0.1, -0.05) is 17.7 Å². The summed E-state index contributed by atoms with van der Waals surface area (Å²) in [6, 6.07) is 5.12. The van der Waals surface area contributed by atoms with Crippen LogP contribution >= 0.6 is 23.2 Å². The standard InChI is InChI=1S/C12H16Cl2FN/c1-9(2)16(6-5-13)8-10-3-4-11(14)7-12(10)15/h3-4,7,9H,5-6,8H2,1-2H3. The van der Waals surface area contributed by atoms with E-state index in [2.05, 4.69) is 18.7 Å². The summed E-state index contributed by atoms with van der Waals surface area (Å²) in [6.07, 6.45) is 0. The van der Waals surface area contributed by atoms with Gasteiger partial charge in [0.25, 0.3) is 0 Å². The zero-order valence-electron chi connectivity index (χ0n) is 9.51. The lowest BCUT2D eigenvalue weighted by Gasteiger charge is -2.25. The lowest BCUT2D eigenvalue weighted by atomic mass is 10.2. The molecule has 0 saturated heterocycles. The molecule has 0 N–H and O–H groups in total. The van der Waals surface area contributed by atoms with Crippen molar-refractivity contribution in [3.05, 3.63) is 34.6 Å². The summed E-state index contributed by atoms with van der Waals surface area (Å²) in [5.74, 6) is 0.292. The molecule has 0 saturated carbocycles. The topological polar surface area (TPSA) is 3.24 Å². The van der Waals surface area contributed by atoms with Gasteiger partial charge in [-0.2, -0.15) is 0 Å². The highest BCUT2D eigenvalue weighted by Crippen LogP contribution is 2.17. The molecule has 0 radical (unpaired) electrons. The van der Waals surface area contributed by atoms with Gasteiger partial charge >= 0.3 is 0 Å². The number of halogens is 3. The third-order valence-electron chi connectivity index (χ3n) is 2.49. The van der Waals surface area contributed by atoms with Crippen LogP contribution in [-0.2, 0) is 6.54 Å². The Hall–Kier alpha value is -0.310. The Morgan fingerprint density at radius 3 is 2.56 bits per heavy atom. The molecule has 1 rings (SSSR count). The van der Waals surface area contributed by atoms with Crippen LogP contribution in [0, 0.1) is 5.82 Å². The number of benzene rings is 1. The molecule has 0 bridgehead atoms. The molecule has 0 fully saturated rings. The van der Waals surface area contributed by atoms with E-state index in [4.69, 9.17) is 23.2 Å². The molecular weight excluding hydrogens is 248 g/mol. The summed E-state index contributed by atoms with van der Waals surface area (Å²) in [5.41, 5.74) is 0.656. The number of nitrogens with zero attached hydrogens (tertiary/aromatic N) is 1. The van der Waals surface area contributed by atoms with Gasteiger partial charge in [-0.3, -0.25) is 4.90 Å². The molecule has 4 heteroatoms. The first-order valence-electron chi connectivity index (χ1n) is 5.28. The molecule has 0 aromatic heterocycles. The fraction of sp³-hybridized carbons (Fsp3) is 0.500. The maximum Gasteiger partial charge on any atom is 0.129 e. The van der Waals surface area contributed by atoms with E-state index in [1.807, 2.05) is 0 Å². The van der Waals surface area contributed by atoms with Gasteiger partial charge < -0.3 is 0 Å². The van der Waals surface area contributed by atoms with Crippen molar-refractivity contribution < 1.29 is 4.39 Å². The van der Waals surface area contributed by atoms with E-state index in [9.17, 15) is 4.39 Å². The molecule has 0 aliphatic heterocycles. The fourth-order valence-electron chi connectivity index (χ4n) is 1.50. The molecule has 1 aromatic carbocycles. The molecule has 1 nitrogen and oxygen atoms in total. The van der Waals surface area contributed by atoms with Crippen LogP contribution in [0.4, 0.5) is 4.39 Å². The van der Waals surface area contributed by atoms with Crippen molar-refractivity contribution in [1.82, 2.24) is 4.90 Å². The van der Waals surface area contributed by atoms with E-state index < -0.39 is 0 Å². The fourth-order valence-corrected chi connectivity index (χ4v) is 1.87. The molecular formula is C12H16Cl2FN. The minimum atomic E-state index is -0.257. The number of hydrogen-bond donors (Lipinski definition) is 0. The second-order valence-electron chi connectivity index (χ2n) is 3.99. The van der Waals surface area contributed by atoms with Crippen LogP contribution in [0.25, 0.3) is 0 Å². The Labute approximate surface area is 106 Å². The number of hydrogen-bond acceptors (Lipinski definition) is 1. The average Bonchev–Trinajstić information content (AvgIpc) is 2.20. The van der Waals surface area contributed by atoms with Gasteiger partial charge in [-0.05, 0) is 26.0 Å². The highest BCUT2D eigenvalue weighted by atomic mass is 35.5. The predicted molar refractivity (Wildman–Crippen MR) is 67.7 cm³/mol. The van der Waals surface area contributed by atoms with Crippen molar-refractivity contribution in [1.29, 1.82) is 0 Å². The molecule has 0 heterocycles. The van der Waals surface area contributed by atoms with E-state index in [1.165, 1.54) is 6.07 Å². The first kappa shape index (κ1) is 13.8. The van der Waals surface area contributed by atoms with Crippen molar-refractivity contribution in [3.8, 4) is 0 Å². The van der Waals surface area contributed by atoms with Gasteiger partial charge in [0.15, 0.2) is 0 Å². The van der Waals surface area contributed by atoms with Crippen LogP contribution in [0.1, 0.15) is 19.4 Å². The Kier molecular flexibility index (Phi) is 5.53. The third kappa shape index (κ3) is 3.93. The summed E-state index contributed by atoms with van der Waals surface area (Å²) in [6.45, 7) is 5.45. The molecule has 0 aliphatic carbocycles. The van der Waals surface area contributed by atoms with Gasteiger partial charge in [0, 0.05) is 35.6 Å². The van der Waals surface area contributed by atoms with Crippen LogP contribution in [-0.4, -0.2) is 23.4 Å².